The Balaban J connectivity index is 2.48. The van der Waals surface area contributed by atoms with Gasteiger partial charge in [-0.2, -0.15) is 0 Å². The normalized spacial score (nSPS) is 11.9. The van der Waals surface area contributed by atoms with Crippen LogP contribution in [0.25, 0.3) is 0 Å². The molecule has 3 N–H and O–H groups in total. The van der Waals surface area contributed by atoms with Crippen molar-refractivity contribution < 1.29 is 9.53 Å². The molecule has 1 atom stereocenters. The molecular weight excluding hydrogens is 204 g/mol. The summed E-state index contributed by atoms with van der Waals surface area (Å²) in [5, 5.41) is 2.54. The summed E-state index contributed by atoms with van der Waals surface area (Å²) in [6, 6.07) is 7.59. The van der Waals surface area contributed by atoms with Crippen molar-refractivity contribution in [2.75, 3.05) is 13.7 Å². The van der Waals surface area contributed by atoms with E-state index in [1.807, 2.05) is 31.2 Å². The summed E-state index contributed by atoms with van der Waals surface area (Å²) in [5.41, 5.74) is 6.79. The third kappa shape index (κ3) is 3.90. The van der Waals surface area contributed by atoms with Gasteiger partial charge in [0, 0.05) is 13.1 Å². The van der Waals surface area contributed by atoms with E-state index in [1.54, 1.807) is 7.05 Å². The highest BCUT2D eigenvalue weighted by atomic mass is 16.5. The molecule has 4 nitrogen and oxygen atoms in total. The standard InChI is InChI=1S/C12H18N2O2/c1-9(13)10-4-3-5-11(8-10)16-7-6-12(15)14-2/h3-5,8-9H,6-7,13H2,1-2H3,(H,14,15)/t9-/m1/s1. The Morgan fingerprint density at radius 1 is 1.56 bits per heavy atom. The number of rotatable bonds is 5. The van der Waals surface area contributed by atoms with E-state index in [0.717, 1.165) is 11.3 Å². The van der Waals surface area contributed by atoms with Gasteiger partial charge in [-0.1, -0.05) is 12.1 Å². The Labute approximate surface area is 95.8 Å². The fourth-order valence-electron chi connectivity index (χ4n) is 1.27. The van der Waals surface area contributed by atoms with Crippen molar-refractivity contribution in [1.29, 1.82) is 0 Å². The molecule has 4 heteroatoms. The van der Waals surface area contributed by atoms with E-state index in [2.05, 4.69) is 5.32 Å². The Morgan fingerprint density at radius 2 is 2.31 bits per heavy atom. The number of carbonyl (C=O) groups excluding carboxylic acids is 1. The number of benzene rings is 1. The van der Waals surface area contributed by atoms with Gasteiger partial charge in [0.2, 0.25) is 5.91 Å². The lowest BCUT2D eigenvalue weighted by Gasteiger charge is -2.09. The summed E-state index contributed by atoms with van der Waals surface area (Å²) in [7, 11) is 1.61. The third-order valence-corrected chi connectivity index (χ3v) is 2.26. The predicted octanol–water partition coefficient (Wildman–Crippen LogP) is 1.22. The Kier molecular flexibility index (Phi) is 4.79. The molecule has 0 aromatic heterocycles. The quantitative estimate of drug-likeness (QED) is 0.787. The van der Waals surface area contributed by atoms with Crippen LogP contribution in [0.2, 0.25) is 0 Å². The first kappa shape index (κ1) is 12.5. The molecule has 1 aromatic carbocycles. The van der Waals surface area contributed by atoms with E-state index in [9.17, 15) is 4.79 Å². The molecule has 16 heavy (non-hydrogen) atoms. The second kappa shape index (κ2) is 6.12. The van der Waals surface area contributed by atoms with Crippen LogP contribution in [-0.2, 0) is 4.79 Å². The average molecular weight is 222 g/mol. The van der Waals surface area contributed by atoms with E-state index in [-0.39, 0.29) is 11.9 Å². The zero-order chi connectivity index (χ0) is 12.0. The van der Waals surface area contributed by atoms with Gasteiger partial charge in [0.1, 0.15) is 5.75 Å². The molecule has 88 valence electrons. The van der Waals surface area contributed by atoms with Crippen LogP contribution in [0.5, 0.6) is 5.75 Å². The first-order chi connectivity index (χ1) is 7.63. The second-order valence-electron chi connectivity index (χ2n) is 3.63. The van der Waals surface area contributed by atoms with Gasteiger partial charge in [-0.05, 0) is 24.6 Å². The van der Waals surface area contributed by atoms with Gasteiger partial charge < -0.3 is 15.8 Å². The Hall–Kier alpha value is -1.55. The maximum absolute atomic E-state index is 11.0. The zero-order valence-electron chi connectivity index (χ0n) is 9.69. The highest BCUT2D eigenvalue weighted by Gasteiger charge is 2.02. The molecular formula is C12H18N2O2. The molecule has 0 unspecified atom stereocenters. The fourth-order valence-corrected chi connectivity index (χ4v) is 1.27. The molecule has 0 radical (unpaired) electrons. The summed E-state index contributed by atoms with van der Waals surface area (Å²) in [4.78, 5) is 11.0. The molecule has 1 amide bonds. The minimum atomic E-state index is -0.0247. The van der Waals surface area contributed by atoms with Crippen molar-refractivity contribution in [3.63, 3.8) is 0 Å². The Morgan fingerprint density at radius 3 is 2.94 bits per heavy atom. The predicted molar refractivity (Wildman–Crippen MR) is 63.2 cm³/mol. The molecule has 0 saturated carbocycles. The summed E-state index contributed by atoms with van der Waals surface area (Å²) >= 11 is 0. The number of nitrogens with one attached hydrogen (secondary N) is 1. The van der Waals surface area contributed by atoms with Gasteiger partial charge in [-0.15, -0.1) is 0 Å². The number of hydrogen-bond acceptors (Lipinski definition) is 3. The van der Waals surface area contributed by atoms with E-state index >= 15 is 0 Å². The van der Waals surface area contributed by atoms with Crippen molar-refractivity contribution in [3.8, 4) is 5.75 Å². The topological polar surface area (TPSA) is 64.3 Å². The van der Waals surface area contributed by atoms with E-state index in [1.165, 1.54) is 0 Å². The average Bonchev–Trinajstić information content (AvgIpc) is 2.29. The van der Waals surface area contributed by atoms with E-state index < -0.39 is 0 Å². The van der Waals surface area contributed by atoms with Crippen molar-refractivity contribution >= 4 is 5.91 Å². The van der Waals surface area contributed by atoms with Crippen LogP contribution < -0.4 is 15.8 Å². The molecule has 0 aliphatic carbocycles. The lowest BCUT2D eigenvalue weighted by atomic mass is 10.1. The van der Waals surface area contributed by atoms with Crippen LogP contribution in [-0.4, -0.2) is 19.6 Å². The third-order valence-electron chi connectivity index (χ3n) is 2.26. The van der Waals surface area contributed by atoms with Gasteiger partial charge in [-0.3, -0.25) is 4.79 Å². The molecule has 0 aliphatic heterocycles. The van der Waals surface area contributed by atoms with Crippen LogP contribution in [0.4, 0.5) is 0 Å². The summed E-state index contributed by atoms with van der Waals surface area (Å²) in [5.74, 6) is 0.724. The minimum Gasteiger partial charge on any atom is -0.493 e. The smallest absolute Gasteiger partial charge is 0.223 e. The largest absolute Gasteiger partial charge is 0.493 e. The molecule has 1 aromatic rings. The highest BCUT2D eigenvalue weighted by Crippen LogP contribution is 2.17. The molecule has 0 aliphatic rings. The van der Waals surface area contributed by atoms with E-state index in [4.69, 9.17) is 10.5 Å². The maximum Gasteiger partial charge on any atom is 0.223 e. The minimum absolute atomic E-state index is 0.0116. The van der Waals surface area contributed by atoms with Crippen LogP contribution in [0.3, 0.4) is 0 Å². The van der Waals surface area contributed by atoms with Gasteiger partial charge in [0.25, 0.3) is 0 Å². The molecule has 0 bridgehead atoms. The first-order valence-corrected chi connectivity index (χ1v) is 5.32. The number of amides is 1. The van der Waals surface area contributed by atoms with Gasteiger partial charge in [-0.25, -0.2) is 0 Å². The van der Waals surface area contributed by atoms with Crippen molar-refractivity contribution in [2.24, 2.45) is 5.73 Å². The van der Waals surface area contributed by atoms with Crippen molar-refractivity contribution in [1.82, 2.24) is 5.32 Å². The first-order valence-electron chi connectivity index (χ1n) is 5.32. The number of nitrogens with two attached hydrogens (primary N) is 1. The fraction of sp³-hybridized carbons (Fsp3) is 0.417. The molecule has 1 rings (SSSR count). The molecule has 0 spiro atoms. The highest BCUT2D eigenvalue weighted by molar-refractivity contribution is 5.75. The number of ether oxygens (including phenoxy) is 1. The number of hydrogen-bond donors (Lipinski definition) is 2. The van der Waals surface area contributed by atoms with Crippen LogP contribution in [0, 0.1) is 0 Å². The molecule has 0 heterocycles. The van der Waals surface area contributed by atoms with Crippen LogP contribution in [0.1, 0.15) is 24.9 Å². The maximum atomic E-state index is 11.0. The van der Waals surface area contributed by atoms with Crippen molar-refractivity contribution in [3.05, 3.63) is 29.8 Å². The van der Waals surface area contributed by atoms with Crippen molar-refractivity contribution in [2.45, 2.75) is 19.4 Å². The number of carbonyl (C=O) groups is 1. The lowest BCUT2D eigenvalue weighted by molar-refractivity contribution is -0.121. The second-order valence-corrected chi connectivity index (χ2v) is 3.63. The summed E-state index contributed by atoms with van der Waals surface area (Å²) in [6.45, 7) is 2.30. The summed E-state index contributed by atoms with van der Waals surface area (Å²) in [6.07, 6.45) is 0.360. The monoisotopic (exact) mass is 222 g/mol. The molecule has 0 fully saturated rings. The Bertz CT molecular complexity index is 351. The van der Waals surface area contributed by atoms with Crippen LogP contribution in [0.15, 0.2) is 24.3 Å². The lowest BCUT2D eigenvalue weighted by Crippen LogP contribution is -2.20. The SMILES string of the molecule is CNC(=O)CCOc1cccc([C@@H](C)N)c1. The summed E-state index contributed by atoms with van der Waals surface area (Å²) < 4.78 is 5.45. The van der Waals surface area contributed by atoms with Gasteiger partial charge in [0.05, 0.1) is 13.0 Å². The van der Waals surface area contributed by atoms with Crippen LogP contribution >= 0.6 is 0 Å². The zero-order valence-corrected chi connectivity index (χ0v) is 9.69. The van der Waals surface area contributed by atoms with Gasteiger partial charge >= 0.3 is 0 Å². The van der Waals surface area contributed by atoms with Gasteiger partial charge in [0.15, 0.2) is 0 Å². The van der Waals surface area contributed by atoms with E-state index in [0.29, 0.717) is 13.0 Å². The molecule has 0 saturated heterocycles.